The summed E-state index contributed by atoms with van der Waals surface area (Å²) in [4.78, 5) is 0. The van der Waals surface area contributed by atoms with E-state index in [9.17, 15) is 0 Å². The third-order valence-corrected chi connectivity index (χ3v) is 4.06. The number of aryl methyl sites for hydroxylation is 1. The molecule has 0 nitrogen and oxygen atoms in total. The molecule has 1 aromatic carbocycles. The molecule has 1 aliphatic rings. The van der Waals surface area contributed by atoms with Gasteiger partial charge < -0.3 is 0 Å². The summed E-state index contributed by atoms with van der Waals surface area (Å²) in [6.07, 6.45) is 5.52. The highest BCUT2D eigenvalue weighted by atomic mass is 35.5. The summed E-state index contributed by atoms with van der Waals surface area (Å²) in [6.45, 7) is 2.20. The highest BCUT2D eigenvalue weighted by Crippen LogP contribution is 2.38. The van der Waals surface area contributed by atoms with Gasteiger partial charge in [0, 0.05) is 11.8 Å². The molecule has 82 valence electrons. The second-order valence-corrected chi connectivity index (χ2v) is 4.97. The van der Waals surface area contributed by atoms with Gasteiger partial charge in [-0.3, -0.25) is 0 Å². The zero-order valence-corrected chi connectivity index (χ0v) is 10.1. The minimum absolute atomic E-state index is 0.579. The molecule has 0 bridgehead atoms. The lowest BCUT2D eigenvalue weighted by Gasteiger charge is -2.23. The molecule has 1 aliphatic carbocycles. The van der Waals surface area contributed by atoms with Gasteiger partial charge in [-0.25, -0.2) is 0 Å². The van der Waals surface area contributed by atoms with E-state index in [0.29, 0.717) is 5.92 Å². The largest absolute Gasteiger partial charge is 0.126 e. The lowest BCUT2D eigenvalue weighted by molar-refractivity contribution is 0.463. The maximum Gasteiger partial charge on any atom is 0.0295 e. The van der Waals surface area contributed by atoms with Crippen molar-refractivity contribution < 1.29 is 0 Å². The first-order valence-electron chi connectivity index (χ1n) is 5.94. The van der Waals surface area contributed by atoms with Gasteiger partial charge in [0.25, 0.3) is 0 Å². The fraction of sp³-hybridized carbons (Fsp3) is 0.571. The van der Waals surface area contributed by atoms with Crippen LogP contribution in [0.25, 0.3) is 0 Å². The molecule has 0 aromatic heterocycles. The van der Waals surface area contributed by atoms with Crippen LogP contribution in [0.5, 0.6) is 0 Å². The Kier molecular flexibility index (Phi) is 3.69. The minimum atomic E-state index is 0.579. The molecule has 1 unspecified atom stereocenters. The van der Waals surface area contributed by atoms with Gasteiger partial charge in [0.2, 0.25) is 0 Å². The Balaban J connectivity index is 2.22. The fourth-order valence-corrected chi connectivity index (χ4v) is 3.24. The second-order valence-electron chi connectivity index (χ2n) is 4.66. The van der Waals surface area contributed by atoms with E-state index in [0.717, 1.165) is 11.8 Å². The van der Waals surface area contributed by atoms with Crippen LogP contribution in [-0.2, 0) is 0 Å². The summed E-state index contributed by atoms with van der Waals surface area (Å²) < 4.78 is 0. The van der Waals surface area contributed by atoms with Crippen molar-refractivity contribution in [1.82, 2.24) is 0 Å². The molecule has 1 aromatic rings. The Morgan fingerprint density at radius 1 is 1.27 bits per heavy atom. The molecule has 0 spiro atoms. The number of halogens is 1. The SMILES string of the molecule is Cc1ccccc1C(CCl)C1CCCC1. The molecule has 1 saturated carbocycles. The van der Waals surface area contributed by atoms with Gasteiger partial charge >= 0.3 is 0 Å². The Bertz CT molecular complexity index is 313. The van der Waals surface area contributed by atoms with Crippen LogP contribution in [-0.4, -0.2) is 5.88 Å². The Morgan fingerprint density at radius 2 is 1.93 bits per heavy atom. The number of benzene rings is 1. The number of hydrogen-bond donors (Lipinski definition) is 0. The summed E-state index contributed by atoms with van der Waals surface area (Å²) in [5.74, 6) is 2.18. The van der Waals surface area contributed by atoms with E-state index in [-0.39, 0.29) is 0 Å². The van der Waals surface area contributed by atoms with E-state index in [4.69, 9.17) is 11.6 Å². The zero-order valence-electron chi connectivity index (χ0n) is 9.38. The van der Waals surface area contributed by atoms with Crippen molar-refractivity contribution in [2.24, 2.45) is 5.92 Å². The maximum atomic E-state index is 6.15. The van der Waals surface area contributed by atoms with Gasteiger partial charge in [-0.2, -0.15) is 0 Å². The highest BCUT2D eigenvalue weighted by Gasteiger charge is 2.26. The fourth-order valence-electron chi connectivity index (χ4n) is 2.83. The maximum absolute atomic E-state index is 6.15. The van der Waals surface area contributed by atoms with Crippen LogP contribution in [0.2, 0.25) is 0 Å². The van der Waals surface area contributed by atoms with Crippen LogP contribution in [0.4, 0.5) is 0 Å². The van der Waals surface area contributed by atoms with Gasteiger partial charge in [0.15, 0.2) is 0 Å². The molecular formula is C14H19Cl. The van der Waals surface area contributed by atoms with Crippen LogP contribution in [0.3, 0.4) is 0 Å². The van der Waals surface area contributed by atoms with Crippen LogP contribution >= 0.6 is 11.6 Å². The lowest BCUT2D eigenvalue weighted by Crippen LogP contribution is -2.12. The van der Waals surface area contributed by atoms with Gasteiger partial charge in [0.1, 0.15) is 0 Å². The van der Waals surface area contributed by atoms with E-state index in [1.54, 1.807) is 0 Å². The molecule has 15 heavy (non-hydrogen) atoms. The Hall–Kier alpha value is -0.490. The summed E-state index contributed by atoms with van der Waals surface area (Å²) >= 11 is 6.15. The summed E-state index contributed by atoms with van der Waals surface area (Å²) in [5, 5.41) is 0. The average Bonchev–Trinajstić information content (AvgIpc) is 2.75. The zero-order chi connectivity index (χ0) is 10.7. The molecule has 1 atom stereocenters. The predicted octanol–water partition coefficient (Wildman–Crippen LogP) is 4.51. The van der Waals surface area contributed by atoms with E-state index in [1.165, 1.54) is 36.8 Å². The quantitative estimate of drug-likeness (QED) is 0.661. The lowest BCUT2D eigenvalue weighted by atomic mass is 9.84. The minimum Gasteiger partial charge on any atom is -0.126 e. The van der Waals surface area contributed by atoms with E-state index < -0.39 is 0 Å². The highest BCUT2D eigenvalue weighted by molar-refractivity contribution is 6.18. The molecule has 0 N–H and O–H groups in total. The molecule has 1 fully saturated rings. The van der Waals surface area contributed by atoms with E-state index in [2.05, 4.69) is 31.2 Å². The van der Waals surface area contributed by atoms with Crippen molar-refractivity contribution in [3.8, 4) is 0 Å². The molecule has 0 aliphatic heterocycles. The van der Waals surface area contributed by atoms with Crippen LogP contribution in [0.1, 0.15) is 42.7 Å². The normalized spacial score (nSPS) is 19.3. The predicted molar refractivity (Wildman–Crippen MR) is 66.6 cm³/mol. The number of hydrogen-bond acceptors (Lipinski definition) is 0. The number of alkyl halides is 1. The molecule has 1 heteroatoms. The first-order chi connectivity index (χ1) is 7.33. The van der Waals surface area contributed by atoms with Gasteiger partial charge in [-0.1, -0.05) is 37.1 Å². The number of rotatable bonds is 3. The van der Waals surface area contributed by atoms with Crippen molar-refractivity contribution in [2.45, 2.75) is 38.5 Å². The summed E-state index contributed by atoms with van der Waals surface area (Å²) in [7, 11) is 0. The smallest absolute Gasteiger partial charge is 0.0295 e. The summed E-state index contributed by atoms with van der Waals surface area (Å²) in [6, 6.07) is 8.69. The van der Waals surface area contributed by atoms with E-state index >= 15 is 0 Å². The van der Waals surface area contributed by atoms with Crippen LogP contribution in [0.15, 0.2) is 24.3 Å². The van der Waals surface area contributed by atoms with Gasteiger partial charge in [0.05, 0.1) is 0 Å². The average molecular weight is 223 g/mol. The monoisotopic (exact) mass is 222 g/mol. The van der Waals surface area contributed by atoms with Crippen molar-refractivity contribution >= 4 is 11.6 Å². The third kappa shape index (κ3) is 2.36. The van der Waals surface area contributed by atoms with Crippen LogP contribution in [0, 0.1) is 12.8 Å². The van der Waals surface area contributed by atoms with E-state index in [1.807, 2.05) is 0 Å². The molecule has 0 heterocycles. The van der Waals surface area contributed by atoms with Crippen molar-refractivity contribution in [2.75, 3.05) is 5.88 Å². The second kappa shape index (κ2) is 5.03. The third-order valence-electron chi connectivity index (χ3n) is 3.72. The molecule has 0 amide bonds. The standard InChI is InChI=1S/C14H19Cl/c1-11-6-2-5-9-13(11)14(10-15)12-7-3-4-8-12/h2,5-6,9,12,14H,3-4,7-8,10H2,1H3. The first kappa shape index (κ1) is 11.0. The molecular weight excluding hydrogens is 204 g/mol. The van der Waals surface area contributed by atoms with Crippen molar-refractivity contribution in [3.05, 3.63) is 35.4 Å². The van der Waals surface area contributed by atoms with Crippen molar-refractivity contribution in [3.63, 3.8) is 0 Å². The van der Waals surface area contributed by atoms with Gasteiger partial charge in [-0.15, -0.1) is 11.6 Å². The Labute approximate surface area is 97.6 Å². The molecule has 2 rings (SSSR count). The molecule has 0 radical (unpaired) electrons. The van der Waals surface area contributed by atoms with Crippen LogP contribution < -0.4 is 0 Å². The van der Waals surface area contributed by atoms with Gasteiger partial charge in [-0.05, 0) is 36.8 Å². The molecule has 0 saturated heterocycles. The first-order valence-corrected chi connectivity index (χ1v) is 6.48. The topological polar surface area (TPSA) is 0 Å². The summed E-state index contributed by atoms with van der Waals surface area (Å²) in [5.41, 5.74) is 2.87. The van der Waals surface area contributed by atoms with Crippen molar-refractivity contribution in [1.29, 1.82) is 0 Å². The Morgan fingerprint density at radius 3 is 2.53 bits per heavy atom.